The minimum absolute atomic E-state index is 0.153. The van der Waals surface area contributed by atoms with E-state index in [1.165, 1.54) is 57.8 Å². The van der Waals surface area contributed by atoms with Gasteiger partial charge in [0.15, 0.2) is 5.88 Å². The van der Waals surface area contributed by atoms with Crippen molar-refractivity contribution in [3.05, 3.63) is 24.1 Å². The lowest BCUT2D eigenvalue weighted by Gasteiger charge is -2.58. The highest BCUT2D eigenvalue weighted by Crippen LogP contribution is 2.67. The fourth-order valence-electron chi connectivity index (χ4n) is 10.8. The van der Waals surface area contributed by atoms with Crippen LogP contribution in [0.2, 0.25) is 0 Å². The SMILES string of the molecule is C=C(OC1CCC2(C)C(=CCC3C2CCC2(C)C(C(C)CCCC(C)C)CCC32)C1)N(CCCN)CCCC(NCCCN)C(=O)O. The number of nitrogens with two attached hydrogens (primary N) is 2. The average molecular weight is 657 g/mol. The number of nitrogens with zero attached hydrogens (tertiary/aromatic N) is 1. The molecule has 0 amide bonds. The molecule has 0 aliphatic heterocycles. The van der Waals surface area contributed by atoms with Gasteiger partial charge in [0.25, 0.3) is 0 Å². The first-order valence-electron chi connectivity index (χ1n) is 19.6. The molecule has 0 aromatic heterocycles. The number of aliphatic carboxylic acids is 1. The summed E-state index contributed by atoms with van der Waals surface area (Å²) in [7, 11) is 0. The average Bonchev–Trinajstić information content (AvgIpc) is 3.39. The van der Waals surface area contributed by atoms with Crippen molar-refractivity contribution in [3.8, 4) is 0 Å². The summed E-state index contributed by atoms with van der Waals surface area (Å²) in [6.45, 7) is 20.3. The smallest absolute Gasteiger partial charge is 0.320 e. The van der Waals surface area contributed by atoms with Gasteiger partial charge in [-0.1, -0.05) is 65.5 Å². The standard InChI is InChI=1S/C40H72N4O3/c1-28(2)11-7-12-29(3)34-16-17-35-33-15-14-31-27-32(18-20-39(31,5)36(33)19-21-40(34,35)6)47-30(4)44(26-10-23-42)25-8-13-37(38(45)46)43-24-9-22-41/h14,28-29,32-37,43H,4,7-13,15-27,41-42H2,1-3,5-6H3,(H,45,46). The van der Waals surface area contributed by atoms with Crippen LogP contribution < -0.4 is 16.8 Å². The van der Waals surface area contributed by atoms with Crippen LogP contribution in [0.1, 0.15) is 131 Å². The summed E-state index contributed by atoms with van der Waals surface area (Å²) >= 11 is 0. The van der Waals surface area contributed by atoms with Gasteiger partial charge in [-0.05, 0) is 143 Å². The van der Waals surface area contributed by atoms with Gasteiger partial charge in [-0.3, -0.25) is 4.79 Å². The maximum Gasteiger partial charge on any atom is 0.320 e. The molecule has 3 fully saturated rings. The Morgan fingerprint density at radius 2 is 1.74 bits per heavy atom. The topological polar surface area (TPSA) is 114 Å². The highest BCUT2D eigenvalue weighted by atomic mass is 16.5. The maximum absolute atomic E-state index is 11.8. The molecule has 9 unspecified atom stereocenters. The third kappa shape index (κ3) is 9.16. The predicted molar refractivity (Wildman–Crippen MR) is 195 cm³/mol. The quantitative estimate of drug-likeness (QED) is 0.0603. The second kappa shape index (κ2) is 17.4. The molecule has 270 valence electrons. The number of fused-ring (bicyclic) bond motifs is 5. The van der Waals surface area contributed by atoms with Crippen molar-refractivity contribution < 1.29 is 14.6 Å². The minimum atomic E-state index is -0.805. The van der Waals surface area contributed by atoms with Gasteiger partial charge in [0.2, 0.25) is 0 Å². The van der Waals surface area contributed by atoms with Crippen molar-refractivity contribution in [1.29, 1.82) is 0 Å². The van der Waals surface area contributed by atoms with Crippen LogP contribution in [0.25, 0.3) is 0 Å². The van der Waals surface area contributed by atoms with E-state index < -0.39 is 12.0 Å². The third-order valence-electron chi connectivity index (χ3n) is 13.5. The minimum Gasteiger partial charge on any atom is -0.480 e. The number of carbonyl (C=O) groups is 1. The van der Waals surface area contributed by atoms with Gasteiger partial charge >= 0.3 is 5.97 Å². The van der Waals surface area contributed by atoms with Crippen molar-refractivity contribution in [3.63, 3.8) is 0 Å². The first-order chi connectivity index (χ1) is 22.4. The Balaban J connectivity index is 1.34. The Bertz CT molecular complexity index is 1050. The number of rotatable bonds is 20. The van der Waals surface area contributed by atoms with E-state index >= 15 is 0 Å². The number of allylic oxidation sites excluding steroid dienone is 1. The second-order valence-electron chi connectivity index (χ2n) is 16.9. The Morgan fingerprint density at radius 3 is 2.45 bits per heavy atom. The zero-order valence-electron chi connectivity index (χ0n) is 30.9. The normalized spacial score (nSPS) is 32.9. The summed E-state index contributed by atoms with van der Waals surface area (Å²) in [6, 6.07) is -0.559. The van der Waals surface area contributed by atoms with Crippen LogP contribution in [0.5, 0.6) is 0 Å². The van der Waals surface area contributed by atoms with E-state index in [0.29, 0.717) is 36.9 Å². The number of ether oxygens (including phenoxy) is 1. The van der Waals surface area contributed by atoms with E-state index in [1.807, 2.05) is 0 Å². The number of hydrogen-bond acceptors (Lipinski definition) is 6. The molecule has 0 heterocycles. The summed E-state index contributed by atoms with van der Waals surface area (Å²) < 4.78 is 6.64. The summed E-state index contributed by atoms with van der Waals surface area (Å²) in [5.41, 5.74) is 13.9. The van der Waals surface area contributed by atoms with E-state index in [1.54, 1.807) is 5.57 Å². The van der Waals surface area contributed by atoms with Crippen LogP contribution in [0.3, 0.4) is 0 Å². The predicted octanol–water partition coefficient (Wildman–Crippen LogP) is 7.71. The summed E-state index contributed by atoms with van der Waals surface area (Å²) in [6.07, 6.45) is 20.1. The maximum atomic E-state index is 11.8. The fraction of sp³-hybridized carbons (Fsp3) is 0.875. The zero-order chi connectivity index (χ0) is 34.2. The van der Waals surface area contributed by atoms with Crippen LogP contribution >= 0.6 is 0 Å². The molecule has 4 aliphatic rings. The zero-order valence-corrected chi connectivity index (χ0v) is 30.9. The van der Waals surface area contributed by atoms with Gasteiger partial charge in [0.05, 0.1) is 0 Å². The number of nitrogens with one attached hydrogen (secondary N) is 1. The molecule has 3 saturated carbocycles. The lowest BCUT2D eigenvalue weighted by molar-refractivity contribution is -0.139. The summed E-state index contributed by atoms with van der Waals surface area (Å²) in [5.74, 6) is 5.02. The molecule has 7 heteroatoms. The molecule has 0 radical (unpaired) electrons. The molecule has 4 aliphatic carbocycles. The van der Waals surface area contributed by atoms with Gasteiger partial charge in [0.1, 0.15) is 12.1 Å². The first-order valence-corrected chi connectivity index (χ1v) is 19.6. The molecule has 7 nitrogen and oxygen atoms in total. The Kier molecular flexibility index (Phi) is 14.1. The molecule has 0 spiro atoms. The van der Waals surface area contributed by atoms with E-state index in [2.05, 4.69) is 57.5 Å². The van der Waals surface area contributed by atoms with Crippen molar-refractivity contribution in [2.45, 2.75) is 143 Å². The van der Waals surface area contributed by atoms with Gasteiger partial charge in [-0.15, -0.1) is 0 Å². The third-order valence-corrected chi connectivity index (χ3v) is 13.5. The van der Waals surface area contributed by atoms with Crippen molar-refractivity contribution in [1.82, 2.24) is 10.2 Å². The summed E-state index contributed by atoms with van der Waals surface area (Å²) in [4.78, 5) is 13.9. The van der Waals surface area contributed by atoms with Crippen molar-refractivity contribution >= 4 is 5.97 Å². The Labute approximate surface area is 288 Å². The first kappa shape index (κ1) is 38.2. The molecule has 9 atom stereocenters. The van der Waals surface area contributed by atoms with E-state index in [-0.39, 0.29) is 6.10 Å². The molecule has 4 rings (SSSR count). The number of carboxylic acids is 1. The molecular weight excluding hydrogens is 584 g/mol. The Hall–Kier alpha value is -1.57. The lowest BCUT2D eigenvalue weighted by Crippen LogP contribution is -2.51. The number of carboxylic acid groups (broad SMARTS) is 1. The summed E-state index contributed by atoms with van der Waals surface area (Å²) in [5, 5.41) is 12.8. The van der Waals surface area contributed by atoms with E-state index in [4.69, 9.17) is 16.2 Å². The largest absolute Gasteiger partial charge is 0.480 e. The van der Waals surface area contributed by atoms with Crippen LogP contribution in [0.4, 0.5) is 0 Å². The highest BCUT2D eigenvalue weighted by Gasteiger charge is 2.59. The molecule has 0 saturated heterocycles. The fourth-order valence-corrected chi connectivity index (χ4v) is 10.8. The monoisotopic (exact) mass is 657 g/mol. The Morgan fingerprint density at radius 1 is 1.00 bits per heavy atom. The van der Waals surface area contributed by atoms with Crippen LogP contribution in [0.15, 0.2) is 24.1 Å². The highest BCUT2D eigenvalue weighted by molar-refractivity contribution is 5.73. The van der Waals surface area contributed by atoms with Crippen molar-refractivity contribution in [2.75, 3.05) is 32.7 Å². The van der Waals surface area contributed by atoms with Crippen molar-refractivity contribution in [2.24, 2.45) is 57.8 Å². The van der Waals surface area contributed by atoms with E-state index in [0.717, 1.165) is 86.6 Å². The van der Waals surface area contributed by atoms with Gasteiger partial charge < -0.3 is 31.5 Å². The molecule has 0 bridgehead atoms. The van der Waals surface area contributed by atoms with Crippen LogP contribution in [-0.4, -0.2) is 60.8 Å². The van der Waals surface area contributed by atoms with Gasteiger partial charge in [0, 0.05) is 19.5 Å². The molecule has 0 aromatic carbocycles. The number of hydrogen-bond donors (Lipinski definition) is 4. The van der Waals surface area contributed by atoms with Crippen LogP contribution in [0, 0.1) is 46.3 Å². The van der Waals surface area contributed by atoms with E-state index in [9.17, 15) is 9.90 Å². The van der Waals surface area contributed by atoms with Gasteiger partial charge in [-0.25, -0.2) is 0 Å². The molecule has 47 heavy (non-hydrogen) atoms. The van der Waals surface area contributed by atoms with Gasteiger partial charge in [-0.2, -0.15) is 0 Å². The molecule has 6 N–H and O–H groups in total. The molecule has 0 aromatic rings. The molecular formula is C40H72N4O3. The van der Waals surface area contributed by atoms with Crippen LogP contribution in [-0.2, 0) is 9.53 Å². The lowest BCUT2D eigenvalue weighted by atomic mass is 9.47. The second-order valence-corrected chi connectivity index (χ2v) is 16.9.